The fraction of sp³-hybridized carbons (Fsp3) is 0.360. The molecule has 7 nitrogen and oxygen atoms in total. The van der Waals surface area contributed by atoms with Crippen LogP contribution in [0.15, 0.2) is 57.4 Å². The Kier molecular flexibility index (Phi) is 7.24. The minimum Gasteiger partial charge on any atom is -0.467 e. The Labute approximate surface area is 223 Å². The number of benzene rings is 1. The first-order valence-corrected chi connectivity index (χ1v) is 15.2. The first-order chi connectivity index (χ1) is 17.2. The van der Waals surface area contributed by atoms with Crippen molar-refractivity contribution in [2.75, 3.05) is 18.0 Å². The van der Waals surface area contributed by atoms with Crippen LogP contribution < -0.4 is 4.90 Å². The summed E-state index contributed by atoms with van der Waals surface area (Å²) < 4.78 is 34.7. The van der Waals surface area contributed by atoms with E-state index in [4.69, 9.17) is 21.0 Å². The number of piperidine rings is 1. The molecule has 36 heavy (non-hydrogen) atoms. The summed E-state index contributed by atoms with van der Waals surface area (Å²) in [5.41, 5.74) is 2.06. The van der Waals surface area contributed by atoms with Crippen molar-refractivity contribution in [3.63, 3.8) is 0 Å². The minimum atomic E-state index is -3.62. The third kappa shape index (κ3) is 4.97. The Morgan fingerprint density at radius 2 is 1.94 bits per heavy atom. The van der Waals surface area contributed by atoms with Crippen LogP contribution in [0.1, 0.15) is 43.9 Å². The zero-order chi connectivity index (χ0) is 25.4. The molecule has 5 rings (SSSR count). The van der Waals surface area contributed by atoms with Gasteiger partial charge in [0.05, 0.1) is 27.4 Å². The second-order valence-corrected chi connectivity index (χ2v) is 14.0. The zero-order valence-electron chi connectivity index (χ0n) is 19.9. The van der Waals surface area contributed by atoms with E-state index in [9.17, 15) is 13.2 Å². The van der Waals surface area contributed by atoms with Crippen LogP contribution in [-0.4, -0.2) is 36.7 Å². The lowest BCUT2D eigenvalue weighted by atomic mass is 9.96. The molecule has 0 radical (unpaired) electrons. The van der Waals surface area contributed by atoms with Gasteiger partial charge in [-0.2, -0.15) is 4.31 Å². The molecule has 0 spiro atoms. The van der Waals surface area contributed by atoms with E-state index in [1.54, 1.807) is 23.3 Å². The Bertz CT molecular complexity index is 1470. The lowest BCUT2D eigenvalue weighted by Crippen LogP contribution is -2.44. The van der Waals surface area contributed by atoms with Gasteiger partial charge in [-0.15, -0.1) is 11.3 Å². The standard InChI is InChI=1S/C25H26ClN3O4S3/c1-16(2)19-6-3-7-20-23(19)27-25(34-20)29(15-18-5-4-14-33-18)24(30)17-10-12-28(13-11-17)36(31,32)22-9-8-21(26)35-22/h3-9,14,16-17H,10-13,15H2,1-2H3. The van der Waals surface area contributed by atoms with E-state index in [1.807, 2.05) is 18.2 Å². The lowest BCUT2D eigenvalue weighted by molar-refractivity contribution is -0.123. The number of para-hydroxylation sites is 1. The molecule has 1 aliphatic heterocycles. The molecule has 3 aromatic heterocycles. The fourth-order valence-electron chi connectivity index (χ4n) is 4.46. The molecule has 1 saturated heterocycles. The number of aromatic nitrogens is 1. The summed E-state index contributed by atoms with van der Waals surface area (Å²) in [4.78, 5) is 20.4. The van der Waals surface area contributed by atoms with Gasteiger partial charge in [0.2, 0.25) is 5.91 Å². The molecule has 4 aromatic rings. The molecule has 0 unspecified atom stereocenters. The number of sulfonamides is 1. The van der Waals surface area contributed by atoms with E-state index in [-0.39, 0.29) is 35.7 Å². The van der Waals surface area contributed by atoms with E-state index in [2.05, 4.69) is 19.9 Å². The van der Waals surface area contributed by atoms with Crippen LogP contribution in [0, 0.1) is 5.92 Å². The van der Waals surface area contributed by atoms with Gasteiger partial charge in [-0.3, -0.25) is 9.69 Å². The number of carbonyl (C=O) groups excluding carboxylic acids is 1. The van der Waals surface area contributed by atoms with E-state index in [0.717, 1.165) is 27.1 Å². The largest absolute Gasteiger partial charge is 0.467 e. The van der Waals surface area contributed by atoms with Crippen molar-refractivity contribution in [3.05, 3.63) is 64.4 Å². The Morgan fingerprint density at radius 1 is 1.17 bits per heavy atom. The van der Waals surface area contributed by atoms with Gasteiger partial charge in [0.25, 0.3) is 10.0 Å². The van der Waals surface area contributed by atoms with Crippen LogP contribution in [0.25, 0.3) is 10.2 Å². The second kappa shape index (κ2) is 10.3. The van der Waals surface area contributed by atoms with Gasteiger partial charge in [0.1, 0.15) is 9.97 Å². The summed E-state index contributed by atoms with van der Waals surface area (Å²) >= 11 is 8.49. The molecular formula is C25H26ClN3O4S3. The van der Waals surface area contributed by atoms with Gasteiger partial charge < -0.3 is 4.42 Å². The van der Waals surface area contributed by atoms with Crippen molar-refractivity contribution < 1.29 is 17.6 Å². The van der Waals surface area contributed by atoms with E-state index < -0.39 is 10.0 Å². The summed E-state index contributed by atoms with van der Waals surface area (Å²) in [5, 5.41) is 0.628. The quantitative estimate of drug-likeness (QED) is 0.261. The number of hydrogen-bond acceptors (Lipinski definition) is 7. The smallest absolute Gasteiger partial charge is 0.252 e. The number of thiophene rings is 1. The molecule has 0 bridgehead atoms. The third-order valence-corrected chi connectivity index (χ3v) is 11.0. The predicted octanol–water partition coefficient (Wildman–Crippen LogP) is 6.36. The molecule has 4 heterocycles. The first-order valence-electron chi connectivity index (χ1n) is 11.7. The fourth-order valence-corrected chi connectivity index (χ4v) is 8.58. The summed E-state index contributed by atoms with van der Waals surface area (Å²) in [6, 6.07) is 12.9. The van der Waals surface area contributed by atoms with Crippen LogP contribution in [-0.2, 0) is 21.4 Å². The number of amides is 1. The van der Waals surface area contributed by atoms with E-state index >= 15 is 0 Å². The van der Waals surface area contributed by atoms with Gasteiger partial charge >= 0.3 is 0 Å². The topological polar surface area (TPSA) is 83.7 Å². The SMILES string of the molecule is CC(C)c1cccc2sc(N(Cc3ccco3)C(=O)C3CCN(S(=O)(=O)c4ccc(Cl)s4)CC3)nc12. The average molecular weight is 564 g/mol. The molecule has 190 valence electrons. The van der Waals surface area contributed by atoms with Crippen molar-refractivity contribution in [2.24, 2.45) is 5.92 Å². The highest BCUT2D eigenvalue weighted by molar-refractivity contribution is 7.91. The molecule has 0 atom stereocenters. The number of nitrogens with zero attached hydrogens (tertiary/aromatic N) is 3. The van der Waals surface area contributed by atoms with Crippen molar-refractivity contribution in [1.29, 1.82) is 0 Å². The van der Waals surface area contributed by atoms with Gasteiger partial charge in [0.15, 0.2) is 5.13 Å². The molecule has 0 saturated carbocycles. The highest BCUT2D eigenvalue weighted by Crippen LogP contribution is 2.36. The molecule has 1 amide bonds. The Hall–Kier alpha value is -2.24. The van der Waals surface area contributed by atoms with Crippen LogP contribution in [0.5, 0.6) is 0 Å². The molecule has 1 aliphatic rings. The molecule has 0 N–H and O–H groups in total. The number of halogens is 1. The van der Waals surface area contributed by atoms with Crippen LogP contribution in [0.3, 0.4) is 0 Å². The lowest BCUT2D eigenvalue weighted by Gasteiger charge is -2.32. The van der Waals surface area contributed by atoms with Crippen molar-refractivity contribution in [2.45, 2.75) is 43.4 Å². The molecule has 11 heteroatoms. The number of rotatable bonds is 7. The van der Waals surface area contributed by atoms with E-state index in [1.165, 1.54) is 21.7 Å². The predicted molar refractivity (Wildman–Crippen MR) is 144 cm³/mol. The second-order valence-electron chi connectivity index (χ2n) is 9.09. The number of hydrogen-bond donors (Lipinski definition) is 0. The van der Waals surface area contributed by atoms with Crippen molar-refractivity contribution >= 4 is 65.6 Å². The summed E-state index contributed by atoms with van der Waals surface area (Å²) in [7, 11) is -3.62. The van der Waals surface area contributed by atoms with Gasteiger partial charge in [-0.05, 0) is 54.7 Å². The maximum Gasteiger partial charge on any atom is 0.252 e. The number of thiazole rings is 1. The summed E-state index contributed by atoms with van der Waals surface area (Å²) in [6.45, 7) is 5.09. The van der Waals surface area contributed by atoms with Gasteiger partial charge in [-0.25, -0.2) is 13.4 Å². The summed E-state index contributed by atoms with van der Waals surface area (Å²) in [5.74, 6) is 0.603. The monoisotopic (exact) mass is 563 g/mol. The van der Waals surface area contributed by atoms with E-state index in [0.29, 0.717) is 34.0 Å². The maximum absolute atomic E-state index is 13.8. The van der Waals surface area contributed by atoms with Crippen molar-refractivity contribution in [1.82, 2.24) is 9.29 Å². The normalized spacial score (nSPS) is 15.7. The average Bonchev–Trinajstić information content (AvgIpc) is 3.62. The highest BCUT2D eigenvalue weighted by atomic mass is 35.5. The van der Waals surface area contributed by atoms with Gasteiger partial charge in [0, 0.05) is 19.0 Å². The number of furan rings is 1. The Morgan fingerprint density at radius 3 is 2.58 bits per heavy atom. The highest BCUT2D eigenvalue weighted by Gasteiger charge is 2.36. The molecule has 0 aliphatic carbocycles. The maximum atomic E-state index is 13.8. The Balaban J connectivity index is 1.39. The minimum absolute atomic E-state index is 0.0623. The molecule has 1 aromatic carbocycles. The third-order valence-electron chi connectivity index (χ3n) is 6.40. The number of carbonyl (C=O) groups is 1. The zero-order valence-corrected chi connectivity index (χ0v) is 23.1. The first kappa shape index (κ1) is 25.4. The van der Waals surface area contributed by atoms with Crippen molar-refractivity contribution in [3.8, 4) is 0 Å². The summed E-state index contributed by atoms with van der Waals surface area (Å²) in [6.07, 6.45) is 2.47. The molecular weight excluding hydrogens is 538 g/mol. The molecule has 1 fully saturated rings. The number of fused-ring (bicyclic) bond motifs is 1. The van der Waals surface area contributed by atoms with Crippen LogP contribution >= 0.6 is 34.3 Å². The van der Waals surface area contributed by atoms with Crippen LogP contribution in [0.4, 0.5) is 5.13 Å². The van der Waals surface area contributed by atoms with Gasteiger partial charge in [-0.1, -0.05) is 48.9 Å². The number of anilines is 1. The van der Waals surface area contributed by atoms with Crippen LogP contribution in [0.2, 0.25) is 4.34 Å².